The number of rotatable bonds is 5. The Morgan fingerprint density at radius 2 is 1.46 bits per heavy atom. The Morgan fingerprint density at radius 1 is 0.707 bits per heavy atom. The Labute approximate surface area is 240 Å². The van der Waals surface area contributed by atoms with Crippen molar-refractivity contribution in [2.45, 2.75) is 20.8 Å². The van der Waals surface area contributed by atoms with E-state index in [0.29, 0.717) is 0 Å². The molecule has 2 aromatic heterocycles. The number of nitrogens with zero attached hydrogens (tertiary/aromatic N) is 5. The van der Waals surface area contributed by atoms with Crippen molar-refractivity contribution < 1.29 is 0 Å². The smallest absolute Gasteiger partial charge is 0.242 e. The molecule has 6 nitrogen and oxygen atoms in total. The zero-order valence-corrected chi connectivity index (χ0v) is 23.7. The molecule has 0 saturated carbocycles. The van der Waals surface area contributed by atoms with Gasteiger partial charge in [0.15, 0.2) is 0 Å². The molecule has 0 spiro atoms. The molecular weight excluding hydrogens is 503 g/mol. The Morgan fingerprint density at radius 3 is 2.22 bits per heavy atom. The summed E-state index contributed by atoms with van der Waals surface area (Å²) < 4.78 is 2.29. The lowest BCUT2D eigenvalue weighted by molar-refractivity contribution is 0.280. The molecule has 0 bridgehead atoms. The van der Waals surface area contributed by atoms with Crippen molar-refractivity contribution >= 4 is 56.9 Å². The fourth-order valence-electron chi connectivity index (χ4n) is 6.39. The van der Waals surface area contributed by atoms with Gasteiger partial charge in [0.2, 0.25) is 6.71 Å². The maximum Gasteiger partial charge on any atom is 0.242 e. The summed E-state index contributed by atoms with van der Waals surface area (Å²) in [5, 5.41) is 10.4. The van der Waals surface area contributed by atoms with Crippen LogP contribution in [0.15, 0.2) is 108 Å². The SMILES string of the molecule is Cc1cc(C)c(B(c2cccc(N3C=NN(C)N3)c2)c2ccc3c4ccccc4n(-c4ccccn4)c3c2)c(C)c1. The predicted molar refractivity (Wildman–Crippen MR) is 172 cm³/mol. The number of fused-ring (bicyclic) bond motifs is 3. The lowest BCUT2D eigenvalue weighted by atomic mass is 9.35. The first-order valence-electron chi connectivity index (χ1n) is 13.9. The van der Waals surface area contributed by atoms with Gasteiger partial charge in [-0.15, -0.1) is 10.6 Å². The number of para-hydroxylation sites is 1. The van der Waals surface area contributed by atoms with E-state index >= 15 is 0 Å². The van der Waals surface area contributed by atoms with E-state index in [4.69, 9.17) is 4.98 Å². The van der Waals surface area contributed by atoms with Crippen LogP contribution in [0.5, 0.6) is 0 Å². The highest BCUT2D eigenvalue weighted by Gasteiger charge is 2.27. The summed E-state index contributed by atoms with van der Waals surface area (Å²) in [4.78, 5) is 4.75. The number of anilines is 1. The summed E-state index contributed by atoms with van der Waals surface area (Å²) in [6.07, 6.45) is 3.66. The summed E-state index contributed by atoms with van der Waals surface area (Å²) >= 11 is 0. The molecule has 1 aliphatic heterocycles. The monoisotopic (exact) mass is 534 g/mol. The van der Waals surface area contributed by atoms with E-state index in [1.807, 2.05) is 30.4 Å². The van der Waals surface area contributed by atoms with E-state index in [-0.39, 0.29) is 6.71 Å². The van der Waals surface area contributed by atoms with Crippen LogP contribution in [0, 0.1) is 20.8 Å². The average molecular weight is 534 g/mol. The minimum Gasteiger partial charge on any atom is -0.294 e. The molecule has 0 fully saturated rings. The number of hydrogen-bond donors (Lipinski definition) is 1. The highest BCUT2D eigenvalue weighted by molar-refractivity contribution is 6.96. The summed E-state index contributed by atoms with van der Waals surface area (Å²) in [5.74, 6) is 0.917. The van der Waals surface area contributed by atoms with Gasteiger partial charge in [-0.05, 0) is 57.2 Å². The van der Waals surface area contributed by atoms with Crippen LogP contribution in [-0.4, -0.2) is 34.8 Å². The molecule has 6 aromatic rings. The van der Waals surface area contributed by atoms with E-state index in [2.05, 4.69) is 121 Å². The second-order valence-corrected chi connectivity index (χ2v) is 10.9. The van der Waals surface area contributed by atoms with Gasteiger partial charge in [0.1, 0.15) is 12.2 Å². The van der Waals surface area contributed by atoms with Crippen molar-refractivity contribution in [2.75, 3.05) is 12.1 Å². The van der Waals surface area contributed by atoms with Crippen molar-refractivity contribution in [1.82, 2.24) is 20.2 Å². The van der Waals surface area contributed by atoms with Gasteiger partial charge < -0.3 is 0 Å². The van der Waals surface area contributed by atoms with Gasteiger partial charge in [0, 0.05) is 24.0 Å². The van der Waals surface area contributed by atoms with Crippen molar-refractivity contribution in [3.05, 3.63) is 120 Å². The standard InChI is InChI=1S/C34H31BN6/c1-23-18-24(2)34(25(3)19-23)35(26-10-9-11-28(20-26)40-22-37-39(4)38-40)27-15-16-30-29-12-5-6-13-31(29)41(32(30)21-27)33-14-7-8-17-36-33/h5-22,38H,1-4H3. The number of benzene rings is 4. The van der Waals surface area contributed by atoms with Crippen molar-refractivity contribution in [3.8, 4) is 5.82 Å². The first-order valence-corrected chi connectivity index (χ1v) is 13.9. The van der Waals surface area contributed by atoms with Crippen LogP contribution < -0.4 is 26.9 Å². The minimum atomic E-state index is 0.0346. The highest BCUT2D eigenvalue weighted by Crippen LogP contribution is 2.31. The lowest BCUT2D eigenvalue weighted by Crippen LogP contribution is -2.54. The Hall–Kier alpha value is -4.88. The molecule has 3 heterocycles. The number of aromatic nitrogens is 2. The van der Waals surface area contributed by atoms with E-state index in [9.17, 15) is 0 Å². The van der Waals surface area contributed by atoms with Gasteiger partial charge in [-0.25, -0.2) is 15.1 Å². The van der Waals surface area contributed by atoms with Crippen molar-refractivity contribution in [1.29, 1.82) is 0 Å². The molecule has 41 heavy (non-hydrogen) atoms. The Kier molecular flexibility index (Phi) is 6.09. The Balaban J connectivity index is 1.48. The molecule has 1 N–H and O–H groups in total. The molecule has 0 saturated heterocycles. The van der Waals surface area contributed by atoms with Crippen molar-refractivity contribution in [3.63, 3.8) is 0 Å². The quantitative estimate of drug-likeness (QED) is 0.325. The third-order valence-electron chi connectivity index (χ3n) is 8.01. The molecule has 7 rings (SSSR count). The molecule has 0 atom stereocenters. The van der Waals surface area contributed by atoms with E-state index in [1.165, 1.54) is 43.9 Å². The minimum absolute atomic E-state index is 0.0346. The average Bonchev–Trinajstić information content (AvgIpc) is 3.56. The third kappa shape index (κ3) is 4.35. The first kappa shape index (κ1) is 25.1. The third-order valence-corrected chi connectivity index (χ3v) is 8.01. The summed E-state index contributed by atoms with van der Waals surface area (Å²) in [5.41, 5.74) is 14.3. The van der Waals surface area contributed by atoms with Crippen LogP contribution in [0.25, 0.3) is 27.6 Å². The highest BCUT2D eigenvalue weighted by atomic mass is 15.9. The second-order valence-electron chi connectivity index (χ2n) is 10.9. The second kappa shape index (κ2) is 9.95. The summed E-state index contributed by atoms with van der Waals surface area (Å²) in [7, 11) is 1.89. The zero-order valence-electron chi connectivity index (χ0n) is 23.7. The van der Waals surface area contributed by atoms with Crippen LogP contribution in [0.3, 0.4) is 0 Å². The molecule has 7 heteroatoms. The molecular formula is C34H31BN6. The van der Waals surface area contributed by atoms with Gasteiger partial charge in [-0.1, -0.05) is 93.7 Å². The number of nitrogens with one attached hydrogen (secondary N) is 1. The number of hydrogen-bond acceptors (Lipinski definition) is 5. The zero-order chi connectivity index (χ0) is 28.1. The van der Waals surface area contributed by atoms with Gasteiger partial charge >= 0.3 is 0 Å². The van der Waals surface area contributed by atoms with E-state index in [1.54, 1.807) is 11.5 Å². The Bertz CT molecular complexity index is 1920. The predicted octanol–water partition coefficient (Wildman–Crippen LogP) is 4.73. The van der Waals surface area contributed by atoms with Crippen molar-refractivity contribution in [2.24, 2.45) is 5.10 Å². The van der Waals surface area contributed by atoms with E-state index in [0.717, 1.165) is 22.5 Å². The number of hydrazone groups is 1. The largest absolute Gasteiger partial charge is 0.294 e. The number of pyridine rings is 1. The van der Waals surface area contributed by atoms with Crippen LogP contribution >= 0.6 is 0 Å². The van der Waals surface area contributed by atoms with E-state index < -0.39 is 0 Å². The molecule has 200 valence electrons. The maximum absolute atomic E-state index is 4.75. The van der Waals surface area contributed by atoms with Crippen LogP contribution in [-0.2, 0) is 0 Å². The topological polar surface area (TPSA) is 48.7 Å². The van der Waals surface area contributed by atoms with Crippen LogP contribution in [0.2, 0.25) is 0 Å². The molecule has 0 amide bonds. The number of hydrazine groups is 2. The molecule has 0 aliphatic carbocycles. The normalized spacial score (nSPS) is 13.1. The first-order chi connectivity index (χ1) is 20.0. The maximum atomic E-state index is 4.75. The van der Waals surface area contributed by atoms with Crippen LogP contribution in [0.4, 0.5) is 5.69 Å². The summed E-state index contributed by atoms with van der Waals surface area (Å²) in [6, 6.07) is 35.0. The van der Waals surface area contributed by atoms with Gasteiger partial charge in [0.25, 0.3) is 0 Å². The lowest BCUT2D eigenvalue weighted by Gasteiger charge is -2.23. The molecule has 0 unspecified atom stereocenters. The fourth-order valence-corrected chi connectivity index (χ4v) is 6.39. The summed E-state index contributed by atoms with van der Waals surface area (Å²) in [6.45, 7) is 6.68. The molecule has 4 aromatic carbocycles. The van der Waals surface area contributed by atoms with Gasteiger partial charge in [-0.2, -0.15) is 0 Å². The molecule has 0 radical (unpaired) electrons. The van der Waals surface area contributed by atoms with Gasteiger partial charge in [0.05, 0.1) is 16.7 Å². The van der Waals surface area contributed by atoms with Gasteiger partial charge in [-0.3, -0.25) is 4.57 Å². The van der Waals surface area contributed by atoms with Crippen LogP contribution in [0.1, 0.15) is 16.7 Å². The molecule has 1 aliphatic rings. The number of aryl methyl sites for hydroxylation is 3. The fraction of sp³-hybridized carbons (Fsp3) is 0.118.